The summed E-state index contributed by atoms with van der Waals surface area (Å²) in [7, 11) is 13.0. The van der Waals surface area contributed by atoms with Gasteiger partial charge in [-0.05, 0) is 0 Å². The van der Waals surface area contributed by atoms with Gasteiger partial charge in [0.2, 0.25) is 0 Å². The summed E-state index contributed by atoms with van der Waals surface area (Å²) < 4.78 is 5.76. The Labute approximate surface area is 120 Å². The fraction of sp³-hybridized carbons (Fsp3) is 0.462. The van der Waals surface area contributed by atoms with E-state index in [1.165, 1.54) is 0 Å². The van der Waals surface area contributed by atoms with E-state index in [4.69, 9.17) is 22.7 Å². The Morgan fingerprint density at radius 2 is 1.72 bits per heavy atom. The number of hydrogen-bond donors (Lipinski definition) is 0. The Bertz CT molecular complexity index is 413. The van der Waals surface area contributed by atoms with Gasteiger partial charge in [0.1, 0.15) is 0 Å². The van der Waals surface area contributed by atoms with Crippen LogP contribution in [0.1, 0.15) is 27.7 Å². The third-order valence-electron chi connectivity index (χ3n) is 2.24. The number of carbonyl (C=O) groups excluding carboxylic acids is 1. The first-order valence-corrected chi connectivity index (χ1v) is 14.1. The zero-order valence-corrected chi connectivity index (χ0v) is 14.8. The third-order valence-corrected chi connectivity index (χ3v) is 13.9. The van der Waals surface area contributed by atoms with Crippen molar-refractivity contribution in [2.45, 2.75) is 37.3 Å². The number of carbonyl (C=O) groups is 1. The van der Waals surface area contributed by atoms with E-state index in [0.29, 0.717) is 0 Å². The van der Waals surface area contributed by atoms with Gasteiger partial charge in [0.25, 0.3) is 0 Å². The molecule has 1 atom stereocenters. The van der Waals surface area contributed by atoms with Gasteiger partial charge in [0.05, 0.1) is 0 Å². The van der Waals surface area contributed by atoms with Crippen molar-refractivity contribution in [1.29, 1.82) is 0 Å². The van der Waals surface area contributed by atoms with Gasteiger partial charge in [0, 0.05) is 0 Å². The van der Waals surface area contributed by atoms with Crippen LogP contribution >= 0.6 is 17.9 Å². The van der Waals surface area contributed by atoms with E-state index in [9.17, 15) is 4.79 Å². The molecule has 1 unspecified atom stereocenters. The van der Waals surface area contributed by atoms with Gasteiger partial charge >= 0.3 is 121 Å². The molecule has 102 valence electrons. The van der Waals surface area contributed by atoms with E-state index >= 15 is 0 Å². The molecule has 0 N–H and O–H groups in total. The third kappa shape index (κ3) is 4.31. The number of hydrogen-bond acceptors (Lipinski definition) is 2. The summed E-state index contributed by atoms with van der Waals surface area (Å²) in [6.07, 6.45) is 0. The Balaban J connectivity index is 2.89. The molecule has 18 heavy (non-hydrogen) atoms. The van der Waals surface area contributed by atoms with Gasteiger partial charge in [-0.3, -0.25) is 0 Å². The molecule has 2 nitrogen and oxygen atoms in total. The molecular formula is C13H18Cl2O2Te. The molecule has 0 heterocycles. The van der Waals surface area contributed by atoms with Crippen molar-refractivity contribution < 1.29 is 9.53 Å². The second-order valence-corrected chi connectivity index (χ2v) is 18.9. The molecule has 0 aliphatic heterocycles. The summed E-state index contributed by atoms with van der Waals surface area (Å²) in [5, 5.41) is 0. The number of rotatable bonds is 3. The Morgan fingerprint density at radius 3 is 2.17 bits per heavy atom. The van der Waals surface area contributed by atoms with E-state index in [-0.39, 0.29) is 5.97 Å². The Hall–Kier alpha value is 0.0596. The van der Waals surface area contributed by atoms with Crippen LogP contribution in [0.5, 0.6) is 0 Å². The first-order chi connectivity index (χ1) is 8.14. The normalized spacial score (nSPS) is 15.0. The second kappa shape index (κ2) is 6.01. The van der Waals surface area contributed by atoms with Crippen molar-refractivity contribution in [3.8, 4) is 0 Å². The van der Waals surface area contributed by atoms with Crippen LogP contribution in [0.4, 0.5) is 0 Å². The van der Waals surface area contributed by atoms with Crippen LogP contribution in [0.2, 0.25) is 3.97 Å². The standard InChI is InChI=1S/C13H18Cl2O2Te/c1-10(12(16)17-13(2,3)4)18(14,15)11-8-6-5-7-9-11/h5-10H,1-4H3. The van der Waals surface area contributed by atoms with Crippen LogP contribution in [-0.2, 0) is 9.53 Å². The molecule has 0 saturated heterocycles. The average Bonchev–Trinajstić information content (AvgIpc) is 2.27. The summed E-state index contributed by atoms with van der Waals surface area (Å²) in [6, 6.07) is 9.41. The van der Waals surface area contributed by atoms with Crippen LogP contribution in [0.15, 0.2) is 30.3 Å². The predicted octanol–water partition coefficient (Wildman–Crippen LogP) is 3.55. The molecule has 0 fully saturated rings. The van der Waals surface area contributed by atoms with Crippen molar-refractivity contribution in [1.82, 2.24) is 0 Å². The van der Waals surface area contributed by atoms with Gasteiger partial charge < -0.3 is 0 Å². The second-order valence-electron chi connectivity index (χ2n) is 5.00. The first kappa shape index (κ1) is 16.1. The topological polar surface area (TPSA) is 26.3 Å². The number of esters is 1. The van der Waals surface area contributed by atoms with Gasteiger partial charge in [-0.1, -0.05) is 0 Å². The molecule has 0 radical (unpaired) electrons. The van der Waals surface area contributed by atoms with E-state index in [1.54, 1.807) is 6.92 Å². The van der Waals surface area contributed by atoms with Crippen molar-refractivity contribution >= 4 is 43.4 Å². The van der Waals surface area contributed by atoms with E-state index in [1.807, 2.05) is 51.1 Å². The zero-order valence-electron chi connectivity index (χ0n) is 10.9. The Kier molecular flexibility index (Phi) is 5.38. The van der Waals surface area contributed by atoms with Gasteiger partial charge in [-0.15, -0.1) is 0 Å². The summed E-state index contributed by atoms with van der Waals surface area (Å²) in [4.78, 5) is 12.0. The molecule has 0 spiro atoms. The van der Waals surface area contributed by atoms with Crippen molar-refractivity contribution in [3.63, 3.8) is 0 Å². The molecule has 0 bridgehead atoms. The maximum absolute atomic E-state index is 12.0. The molecular weight excluding hydrogens is 387 g/mol. The van der Waals surface area contributed by atoms with E-state index in [0.717, 1.165) is 3.61 Å². The van der Waals surface area contributed by atoms with Crippen LogP contribution in [0, 0.1) is 0 Å². The molecule has 1 aromatic rings. The van der Waals surface area contributed by atoms with Crippen LogP contribution in [-0.4, -0.2) is 27.5 Å². The molecule has 0 aliphatic carbocycles. The fourth-order valence-electron chi connectivity index (χ4n) is 1.31. The molecule has 5 heteroatoms. The molecule has 0 aromatic heterocycles. The number of benzene rings is 1. The monoisotopic (exact) mass is 406 g/mol. The van der Waals surface area contributed by atoms with Crippen LogP contribution in [0.25, 0.3) is 0 Å². The SMILES string of the molecule is CC(C(=O)OC(C)(C)C)[Te](Cl)(Cl)c1ccccc1. The van der Waals surface area contributed by atoms with E-state index in [2.05, 4.69) is 0 Å². The van der Waals surface area contributed by atoms with Crippen LogP contribution in [0.3, 0.4) is 0 Å². The molecule has 1 aromatic carbocycles. The first-order valence-electron chi connectivity index (χ1n) is 5.64. The minimum absolute atomic E-state index is 0.322. The zero-order chi connectivity index (χ0) is 14.0. The molecule has 0 amide bonds. The summed E-state index contributed by atoms with van der Waals surface area (Å²) in [6.45, 7) is 7.24. The van der Waals surface area contributed by atoms with Crippen molar-refractivity contribution in [3.05, 3.63) is 30.3 Å². The predicted molar refractivity (Wildman–Crippen MR) is 78.8 cm³/mol. The maximum atomic E-state index is 12.0. The van der Waals surface area contributed by atoms with E-state index < -0.39 is 25.5 Å². The van der Waals surface area contributed by atoms with Gasteiger partial charge in [0.15, 0.2) is 0 Å². The van der Waals surface area contributed by atoms with Crippen LogP contribution < -0.4 is 3.61 Å². The van der Waals surface area contributed by atoms with Crippen molar-refractivity contribution in [2.75, 3.05) is 0 Å². The number of halogens is 2. The molecule has 0 aliphatic rings. The van der Waals surface area contributed by atoms with Gasteiger partial charge in [-0.2, -0.15) is 0 Å². The summed E-state index contributed by atoms with van der Waals surface area (Å²) in [5.74, 6) is -0.322. The van der Waals surface area contributed by atoms with Crippen molar-refractivity contribution in [2.24, 2.45) is 0 Å². The summed E-state index contributed by atoms with van der Waals surface area (Å²) >= 11 is -3.46. The summed E-state index contributed by atoms with van der Waals surface area (Å²) in [5.41, 5.74) is -0.519. The Morgan fingerprint density at radius 1 is 1.22 bits per heavy atom. The van der Waals surface area contributed by atoms with Gasteiger partial charge in [-0.25, -0.2) is 0 Å². The minimum atomic E-state index is -3.46. The fourth-order valence-corrected chi connectivity index (χ4v) is 7.14. The quantitative estimate of drug-likeness (QED) is 0.569. The average molecular weight is 405 g/mol. The number of ether oxygens (including phenoxy) is 1. The molecule has 0 saturated carbocycles. The molecule has 1 rings (SSSR count).